The molecule has 0 radical (unpaired) electrons. The second-order valence-corrected chi connectivity index (χ2v) is 5.35. The third-order valence-electron chi connectivity index (χ3n) is 3.45. The van der Waals surface area contributed by atoms with E-state index >= 15 is 0 Å². The summed E-state index contributed by atoms with van der Waals surface area (Å²) in [5, 5.41) is 14.2. The van der Waals surface area contributed by atoms with E-state index in [1.165, 1.54) is 0 Å². The molecule has 2 aromatic rings. The summed E-state index contributed by atoms with van der Waals surface area (Å²) in [6.45, 7) is 3.35. The van der Waals surface area contributed by atoms with Crippen molar-refractivity contribution in [1.29, 1.82) is 0 Å². The number of nitrogens with zero attached hydrogens (tertiary/aromatic N) is 4. The largest absolute Gasteiger partial charge is 0.494 e. The summed E-state index contributed by atoms with van der Waals surface area (Å²) in [6.07, 6.45) is 6.54. The van der Waals surface area contributed by atoms with E-state index in [1.54, 1.807) is 19.7 Å². The topological polar surface area (TPSA) is 76.4 Å². The number of hydrogen-bond donors (Lipinski definition) is 2. The maximum Gasteiger partial charge on any atom is 0.190 e. The first kappa shape index (κ1) is 17.8. The highest BCUT2D eigenvalue weighted by molar-refractivity contribution is 5.79. The van der Waals surface area contributed by atoms with E-state index in [0.717, 1.165) is 50.6 Å². The molecule has 0 saturated carbocycles. The number of rotatable bonds is 10. The van der Waals surface area contributed by atoms with Crippen LogP contribution in [0.2, 0.25) is 0 Å². The lowest BCUT2D eigenvalue weighted by molar-refractivity contribution is 0.311. The molecule has 0 atom stereocenters. The summed E-state index contributed by atoms with van der Waals surface area (Å²) in [5.74, 6) is 1.74. The van der Waals surface area contributed by atoms with Gasteiger partial charge in [-0.1, -0.05) is 18.2 Å². The molecule has 0 aliphatic rings. The van der Waals surface area contributed by atoms with Crippen LogP contribution in [0.15, 0.2) is 48.0 Å². The van der Waals surface area contributed by atoms with Gasteiger partial charge in [-0.3, -0.25) is 4.99 Å². The maximum atomic E-state index is 5.66. The van der Waals surface area contributed by atoms with Crippen LogP contribution in [0.25, 0.3) is 0 Å². The van der Waals surface area contributed by atoms with Gasteiger partial charge in [0, 0.05) is 26.7 Å². The van der Waals surface area contributed by atoms with Gasteiger partial charge in [0.05, 0.1) is 6.61 Å². The van der Waals surface area contributed by atoms with Crippen LogP contribution in [-0.2, 0) is 6.54 Å². The molecule has 130 valence electrons. The minimum absolute atomic E-state index is 0.687. The Labute approximate surface area is 143 Å². The van der Waals surface area contributed by atoms with Gasteiger partial charge in [-0.15, -0.1) is 10.2 Å². The predicted molar refractivity (Wildman–Crippen MR) is 95.2 cm³/mol. The highest BCUT2D eigenvalue weighted by atomic mass is 16.5. The fourth-order valence-corrected chi connectivity index (χ4v) is 2.17. The lowest BCUT2D eigenvalue weighted by Crippen LogP contribution is -2.38. The Balaban J connectivity index is 1.48. The molecular weight excluding hydrogens is 304 g/mol. The summed E-state index contributed by atoms with van der Waals surface area (Å²) in [6, 6.07) is 9.86. The summed E-state index contributed by atoms with van der Waals surface area (Å²) in [4.78, 5) is 4.22. The number of hydrogen-bond acceptors (Lipinski definition) is 4. The second-order valence-electron chi connectivity index (χ2n) is 5.35. The lowest BCUT2D eigenvalue weighted by Gasteiger charge is -2.12. The Hall–Kier alpha value is -2.57. The Bertz CT molecular complexity index is 570. The van der Waals surface area contributed by atoms with E-state index in [2.05, 4.69) is 25.8 Å². The zero-order chi connectivity index (χ0) is 16.9. The first-order valence-electron chi connectivity index (χ1n) is 8.33. The molecule has 1 aromatic heterocycles. The molecule has 2 rings (SSSR count). The number of aromatic nitrogens is 3. The number of nitrogens with one attached hydrogen (secondary N) is 2. The van der Waals surface area contributed by atoms with Crippen molar-refractivity contribution in [2.24, 2.45) is 4.99 Å². The number of ether oxygens (including phenoxy) is 1. The van der Waals surface area contributed by atoms with Crippen molar-refractivity contribution in [1.82, 2.24) is 25.4 Å². The van der Waals surface area contributed by atoms with Crippen LogP contribution < -0.4 is 15.4 Å². The van der Waals surface area contributed by atoms with Crippen molar-refractivity contribution in [3.8, 4) is 5.75 Å². The first-order chi connectivity index (χ1) is 11.9. The molecule has 1 heterocycles. The molecule has 1 aromatic carbocycles. The van der Waals surface area contributed by atoms with Crippen LogP contribution in [0.1, 0.15) is 19.3 Å². The number of aryl methyl sites for hydroxylation is 1. The van der Waals surface area contributed by atoms with Crippen molar-refractivity contribution < 1.29 is 4.74 Å². The lowest BCUT2D eigenvalue weighted by atomic mass is 10.3. The minimum atomic E-state index is 0.687. The highest BCUT2D eigenvalue weighted by Gasteiger charge is 1.98. The van der Waals surface area contributed by atoms with Gasteiger partial charge < -0.3 is 19.9 Å². The van der Waals surface area contributed by atoms with Crippen LogP contribution in [0.4, 0.5) is 0 Å². The van der Waals surface area contributed by atoms with Gasteiger partial charge in [0.15, 0.2) is 5.96 Å². The van der Waals surface area contributed by atoms with Crippen molar-refractivity contribution in [2.75, 3.05) is 26.7 Å². The molecule has 0 bridgehead atoms. The molecule has 0 spiro atoms. The van der Waals surface area contributed by atoms with Gasteiger partial charge in [0.25, 0.3) is 0 Å². The molecule has 24 heavy (non-hydrogen) atoms. The number of guanidine groups is 1. The third kappa shape index (κ3) is 7.13. The monoisotopic (exact) mass is 330 g/mol. The Morgan fingerprint density at radius 3 is 2.46 bits per heavy atom. The number of para-hydroxylation sites is 1. The van der Waals surface area contributed by atoms with E-state index in [4.69, 9.17) is 4.74 Å². The zero-order valence-electron chi connectivity index (χ0n) is 14.2. The van der Waals surface area contributed by atoms with Crippen molar-refractivity contribution >= 4 is 5.96 Å². The van der Waals surface area contributed by atoms with Crippen molar-refractivity contribution in [2.45, 2.75) is 25.8 Å². The molecule has 0 aliphatic heterocycles. The summed E-state index contributed by atoms with van der Waals surface area (Å²) >= 11 is 0. The van der Waals surface area contributed by atoms with Gasteiger partial charge in [0.1, 0.15) is 18.4 Å². The highest BCUT2D eigenvalue weighted by Crippen LogP contribution is 2.07. The number of unbranched alkanes of at least 4 members (excludes halogenated alkanes) is 1. The standard InChI is InChI=1S/C17H26N6O/c1-18-17(19-10-5-6-12-23-14-21-22-15-23)20-11-7-13-24-16-8-3-2-4-9-16/h2-4,8-9,14-15H,5-7,10-13H2,1H3,(H2,18,19,20). The fraction of sp³-hybridized carbons (Fsp3) is 0.471. The molecule has 7 nitrogen and oxygen atoms in total. The molecule has 0 saturated heterocycles. The van der Waals surface area contributed by atoms with Crippen LogP contribution in [0.5, 0.6) is 5.75 Å². The van der Waals surface area contributed by atoms with Gasteiger partial charge in [-0.25, -0.2) is 0 Å². The van der Waals surface area contributed by atoms with Crippen LogP contribution in [-0.4, -0.2) is 47.5 Å². The van der Waals surface area contributed by atoms with Gasteiger partial charge in [-0.2, -0.15) is 0 Å². The Kier molecular flexibility index (Phi) is 8.18. The van der Waals surface area contributed by atoms with Crippen LogP contribution >= 0.6 is 0 Å². The fourth-order valence-electron chi connectivity index (χ4n) is 2.17. The second kappa shape index (κ2) is 11.0. The van der Waals surface area contributed by atoms with E-state index in [1.807, 2.05) is 34.9 Å². The first-order valence-corrected chi connectivity index (χ1v) is 8.33. The predicted octanol–water partition coefficient (Wildman–Crippen LogP) is 1.69. The van der Waals surface area contributed by atoms with Gasteiger partial charge >= 0.3 is 0 Å². The normalized spacial score (nSPS) is 11.3. The quantitative estimate of drug-likeness (QED) is 0.394. The smallest absolute Gasteiger partial charge is 0.190 e. The van der Waals surface area contributed by atoms with E-state index in [-0.39, 0.29) is 0 Å². The average molecular weight is 330 g/mol. The Morgan fingerprint density at radius 1 is 1.04 bits per heavy atom. The van der Waals surface area contributed by atoms with Gasteiger partial charge in [0.2, 0.25) is 0 Å². The summed E-state index contributed by atoms with van der Waals surface area (Å²) in [5.41, 5.74) is 0. The average Bonchev–Trinajstić information content (AvgIpc) is 3.14. The summed E-state index contributed by atoms with van der Waals surface area (Å²) in [7, 11) is 1.78. The number of aliphatic imine (C=N–C) groups is 1. The molecule has 0 unspecified atom stereocenters. The number of benzene rings is 1. The molecular formula is C17H26N6O. The van der Waals surface area contributed by atoms with E-state index < -0.39 is 0 Å². The van der Waals surface area contributed by atoms with Gasteiger partial charge in [-0.05, 0) is 31.4 Å². The maximum absolute atomic E-state index is 5.66. The SMILES string of the molecule is CN=C(NCCCCn1cnnc1)NCCCOc1ccccc1. The molecule has 7 heteroatoms. The van der Waals surface area contributed by atoms with Crippen LogP contribution in [0, 0.1) is 0 Å². The van der Waals surface area contributed by atoms with E-state index in [0.29, 0.717) is 6.61 Å². The molecule has 2 N–H and O–H groups in total. The minimum Gasteiger partial charge on any atom is -0.494 e. The molecule has 0 fully saturated rings. The summed E-state index contributed by atoms with van der Waals surface area (Å²) < 4.78 is 7.64. The van der Waals surface area contributed by atoms with E-state index in [9.17, 15) is 0 Å². The molecule has 0 amide bonds. The molecule has 0 aliphatic carbocycles. The van der Waals surface area contributed by atoms with Crippen molar-refractivity contribution in [3.05, 3.63) is 43.0 Å². The van der Waals surface area contributed by atoms with Crippen molar-refractivity contribution in [3.63, 3.8) is 0 Å². The third-order valence-corrected chi connectivity index (χ3v) is 3.45. The Morgan fingerprint density at radius 2 is 1.75 bits per heavy atom. The van der Waals surface area contributed by atoms with Crippen LogP contribution in [0.3, 0.4) is 0 Å². The zero-order valence-corrected chi connectivity index (χ0v) is 14.2.